The van der Waals surface area contributed by atoms with Crippen LogP contribution in [-0.2, 0) is 0 Å². The molecule has 23 heavy (non-hydrogen) atoms. The molecule has 3 heterocycles. The van der Waals surface area contributed by atoms with Gasteiger partial charge in [0.2, 0.25) is 5.88 Å². The number of hydrogen-bond acceptors (Lipinski definition) is 6. The molecule has 0 unspecified atom stereocenters. The Labute approximate surface area is 134 Å². The SMILES string of the molecule is COc1cc(NC2CCN(C(=O)c3cc(C)[nH]n3)CC2)ncn1. The van der Waals surface area contributed by atoms with Crippen LogP contribution in [0.5, 0.6) is 5.88 Å². The van der Waals surface area contributed by atoms with Gasteiger partial charge in [-0.3, -0.25) is 9.89 Å². The second kappa shape index (κ2) is 6.64. The average Bonchev–Trinajstić information content (AvgIpc) is 3.01. The molecule has 2 aromatic heterocycles. The number of methoxy groups -OCH3 is 1. The second-order valence-electron chi connectivity index (χ2n) is 5.59. The van der Waals surface area contributed by atoms with Crippen molar-refractivity contribution in [2.45, 2.75) is 25.8 Å². The summed E-state index contributed by atoms with van der Waals surface area (Å²) in [5.74, 6) is 1.25. The highest BCUT2D eigenvalue weighted by Crippen LogP contribution is 2.18. The Hall–Kier alpha value is -2.64. The number of aromatic nitrogens is 4. The molecule has 122 valence electrons. The fraction of sp³-hybridized carbons (Fsp3) is 0.467. The maximum Gasteiger partial charge on any atom is 0.274 e. The van der Waals surface area contributed by atoms with Crippen LogP contribution in [-0.4, -0.2) is 57.2 Å². The lowest BCUT2D eigenvalue weighted by atomic mass is 10.0. The van der Waals surface area contributed by atoms with Crippen LogP contribution in [0.2, 0.25) is 0 Å². The number of piperidine rings is 1. The third-order valence-corrected chi connectivity index (χ3v) is 3.91. The van der Waals surface area contributed by atoms with Gasteiger partial charge in [-0.15, -0.1) is 0 Å². The maximum atomic E-state index is 12.3. The van der Waals surface area contributed by atoms with E-state index in [0.717, 1.165) is 24.4 Å². The number of aryl methyl sites for hydroxylation is 1. The summed E-state index contributed by atoms with van der Waals surface area (Å²) in [7, 11) is 1.58. The smallest absolute Gasteiger partial charge is 0.274 e. The Morgan fingerprint density at radius 2 is 2.13 bits per heavy atom. The molecule has 1 saturated heterocycles. The van der Waals surface area contributed by atoms with Crippen molar-refractivity contribution in [3.05, 3.63) is 29.8 Å². The molecule has 0 aliphatic carbocycles. The standard InChI is InChI=1S/C15H20N6O2/c1-10-7-12(20-19-10)15(22)21-5-3-11(4-6-21)18-13-8-14(23-2)17-9-16-13/h7-9,11H,3-6H2,1-2H3,(H,19,20)(H,16,17,18). The van der Waals surface area contributed by atoms with E-state index in [4.69, 9.17) is 4.74 Å². The van der Waals surface area contributed by atoms with Gasteiger partial charge in [-0.2, -0.15) is 5.10 Å². The van der Waals surface area contributed by atoms with E-state index < -0.39 is 0 Å². The molecule has 0 aromatic carbocycles. The number of carbonyl (C=O) groups is 1. The van der Waals surface area contributed by atoms with Crippen molar-refractivity contribution in [1.29, 1.82) is 0 Å². The molecule has 0 atom stereocenters. The van der Waals surface area contributed by atoms with Gasteiger partial charge >= 0.3 is 0 Å². The summed E-state index contributed by atoms with van der Waals surface area (Å²) in [5.41, 5.74) is 1.37. The van der Waals surface area contributed by atoms with Gasteiger partial charge in [0, 0.05) is 30.9 Å². The number of anilines is 1. The molecule has 2 aromatic rings. The Balaban J connectivity index is 1.55. The van der Waals surface area contributed by atoms with Crippen LogP contribution in [0.3, 0.4) is 0 Å². The van der Waals surface area contributed by atoms with Crippen molar-refractivity contribution in [2.75, 3.05) is 25.5 Å². The topological polar surface area (TPSA) is 96.0 Å². The van der Waals surface area contributed by atoms with Crippen LogP contribution in [0.25, 0.3) is 0 Å². The molecule has 1 aliphatic heterocycles. The van der Waals surface area contributed by atoms with Crippen molar-refractivity contribution in [3.8, 4) is 5.88 Å². The number of rotatable bonds is 4. The predicted octanol–water partition coefficient (Wildman–Crippen LogP) is 1.23. The van der Waals surface area contributed by atoms with Gasteiger partial charge < -0.3 is 15.0 Å². The van der Waals surface area contributed by atoms with Gasteiger partial charge in [-0.05, 0) is 25.8 Å². The quantitative estimate of drug-likeness (QED) is 0.881. The minimum Gasteiger partial charge on any atom is -0.481 e. The number of H-pyrrole nitrogens is 1. The molecule has 2 N–H and O–H groups in total. The highest BCUT2D eigenvalue weighted by molar-refractivity contribution is 5.92. The van der Waals surface area contributed by atoms with Crippen LogP contribution in [0.4, 0.5) is 5.82 Å². The number of nitrogens with one attached hydrogen (secondary N) is 2. The minimum atomic E-state index is -0.0171. The van der Waals surface area contributed by atoms with Crippen molar-refractivity contribution in [3.63, 3.8) is 0 Å². The number of amides is 1. The first-order chi connectivity index (χ1) is 11.2. The van der Waals surface area contributed by atoms with Gasteiger partial charge in [0.05, 0.1) is 7.11 Å². The van der Waals surface area contributed by atoms with E-state index in [1.54, 1.807) is 19.2 Å². The molecule has 1 fully saturated rings. The Kier molecular flexibility index (Phi) is 4.40. The van der Waals surface area contributed by atoms with E-state index in [-0.39, 0.29) is 11.9 Å². The summed E-state index contributed by atoms with van der Waals surface area (Å²) in [6.07, 6.45) is 3.20. The molecule has 1 amide bonds. The van der Waals surface area contributed by atoms with Gasteiger partial charge in [-0.1, -0.05) is 0 Å². The van der Waals surface area contributed by atoms with Crippen molar-refractivity contribution in [1.82, 2.24) is 25.1 Å². The molecule has 3 rings (SSSR count). The molecule has 0 spiro atoms. The number of hydrogen-bond donors (Lipinski definition) is 2. The largest absolute Gasteiger partial charge is 0.481 e. The van der Waals surface area contributed by atoms with Crippen LogP contribution < -0.4 is 10.1 Å². The summed E-state index contributed by atoms with van der Waals surface area (Å²) >= 11 is 0. The Morgan fingerprint density at radius 1 is 1.35 bits per heavy atom. The Bertz CT molecular complexity index is 678. The highest BCUT2D eigenvalue weighted by Gasteiger charge is 2.25. The van der Waals surface area contributed by atoms with E-state index >= 15 is 0 Å². The summed E-state index contributed by atoms with van der Waals surface area (Å²) in [6, 6.07) is 3.82. The number of aromatic amines is 1. The van der Waals surface area contributed by atoms with Crippen molar-refractivity contribution >= 4 is 11.7 Å². The summed E-state index contributed by atoms with van der Waals surface area (Å²) in [5, 5.41) is 10.2. The van der Waals surface area contributed by atoms with Crippen molar-refractivity contribution < 1.29 is 9.53 Å². The van der Waals surface area contributed by atoms with Gasteiger partial charge in [0.1, 0.15) is 17.8 Å². The molecule has 8 nitrogen and oxygen atoms in total. The predicted molar refractivity (Wildman–Crippen MR) is 84.5 cm³/mol. The molecular weight excluding hydrogens is 296 g/mol. The zero-order valence-electron chi connectivity index (χ0n) is 13.2. The van der Waals surface area contributed by atoms with Crippen LogP contribution in [0, 0.1) is 6.92 Å². The minimum absolute atomic E-state index is 0.0171. The number of nitrogens with zero attached hydrogens (tertiary/aromatic N) is 4. The number of likely N-dealkylation sites (tertiary alicyclic amines) is 1. The lowest BCUT2D eigenvalue weighted by Gasteiger charge is -2.32. The van der Waals surface area contributed by atoms with Gasteiger partial charge in [-0.25, -0.2) is 9.97 Å². The fourth-order valence-corrected chi connectivity index (χ4v) is 2.66. The van der Waals surface area contributed by atoms with Crippen molar-refractivity contribution in [2.24, 2.45) is 0 Å². The number of ether oxygens (including phenoxy) is 1. The molecule has 1 aliphatic rings. The monoisotopic (exact) mass is 316 g/mol. The van der Waals surface area contributed by atoms with E-state index in [0.29, 0.717) is 24.7 Å². The van der Waals surface area contributed by atoms with E-state index in [1.807, 2.05) is 11.8 Å². The summed E-state index contributed by atoms with van der Waals surface area (Å²) in [4.78, 5) is 22.4. The average molecular weight is 316 g/mol. The normalized spacial score (nSPS) is 15.5. The Morgan fingerprint density at radius 3 is 2.78 bits per heavy atom. The zero-order chi connectivity index (χ0) is 16.2. The molecule has 0 bridgehead atoms. The van der Waals surface area contributed by atoms with E-state index in [9.17, 15) is 4.79 Å². The summed E-state index contributed by atoms with van der Waals surface area (Å²) in [6.45, 7) is 3.28. The first-order valence-corrected chi connectivity index (χ1v) is 7.59. The maximum absolute atomic E-state index is 12.3. The first-order valence-electron chi connectivity index (χ1n) is 7.59. The molecule has 8 heteroatoms. The van der Waals surface area contributed by atoms with Crippen LogP contribution in [0.15, 0.2) is 18.5 Å². The van der Waals surface area contributed by atoms with E-state index in [2.05, 4.69) is 25.5 Å². The zero-order valence-corrected chi connectivity index (χ0v) is 13.2. The van der Waals surface area contributed by atoms with Gasteiger partial charge in [0.15, 0.2) is 0 Å². The summed E-state index contributed by atoms with van der Waals surface area (Å²) < 4.78 is 5.09. The third kappa shape index (κ3) is 3.58. The molecular formula is C15H20N6O2. The third-order valence-electron chi connectivity index (χ3n) is 3.91. The first kappa shape index (κ1) is 15.3. The molecule has 0 saturated carbocycles. The van der Waals surface area contributed by atoms with E-state index in [1.165, 1.54) is 6.33 Å². The van der Waals surface area contributed by atoms with Crippen LogP contribution in [0.1, 0.15) is 29.0 Å². The molecule has 0 radical (unpaired) electrons. The fourth-order valence-electron chi connectivity index (χ4n) is 2.66. The second-order valence-corrected chi connectivity index (χ2v) is 5.59. The van der Waals surface area contributed by atoms with Crippen LogP contribution >= 0.6 is 0 Å². The number of carbonyl (C=O) groups excluding carboxylic acids is 1. The van der Waals surface area contributed by atoms with Gasteiger partial charge in [0.25, 0.3) is 5.91 Å². The highest BCUT2D eigenvalue weighted by atomic mass is 16.5. The lowest BCUT2D eigenvalue weighted by molar-refractivity contribution is 0.0712. The lowest BCUT2D eigenvalue weighted by Crippen LogP contribution is -2.42.